The molecule has 1 aliphatic carbocycles. The fraction of sp³-hybridized carbons (Fsp3) is 0.500. The number of halogens is 1. The van der Waals surface area contributed by atoms with Gasteiger partial charge in [0.1, 0.15) is 5.82 Å². The molecule has 3 nitrogen and oxygen atoms in total. The van der Waals surface area contributed by atoms with Crippen molar-refractivity contribution in [3.8, 4) is 0 Å². The van der Waals surface area contributed by atoms with Crippen molar-refractivity contribution < 1.29 is 4.39 Å². The van der Waals surface area contributed by atoms with Gasteiger partial charge < -0.3 is 11.1 Å². The summed E-state index contributed by atoms with van der Waals surface area (Å²) >= 11 is 1.59. The molecule has 0 radical (unpaired) electrons. The Labute approximate surface area is 116 Å². The van der Waals surface area contributed by atoms with Crippen LogP contribution < -0.4 is 11.1 Å². The Balaban J connectivity index is 2.15. The van der Waals surface area contributed by atoms with Crippen molar-refractivity contribution in [3.05, 3.63) is 29.6 Å². The van der Waals surface area contributed by atoms with Gasteiger partial charge in [-0.15, -0.1) is 0 Å². The van der Waals surface area contributed by atoms with E-state index in [0.29, 0.717) is 16.6 Å². The first-order valence-corrected chi connectivity index (χ1v) is 7.60. The molecule has 0 spiro atoms. The van der Waals surface area contributed by atoms with Crippen LogP contribution in [0.1, 0.15) is 24.8 Å². The number of aliphatic imine (C=N–C) groups is 1. The number of anilines is 1. The Morgan fingerprint density at radius 3 is 3.16 bits per heavy atom. The lowest BCUT2D eigenvalue weighted by Gasteiger charge is -2.36. The molecule has 102 valence electrons. The van der Waals surface area contributed by atoms with E-state index in [1.54, 1.807) is 17.8 Å². The minimum absolute atomic E-state index is 0.172. The van der Waals surface area contributed by atoms with Gasteiger partial charge in [-0.1, -0.05) is 18.2 Å². The highest BCUT2D eigenvalue weighted by molar-refractivity contribution is 8.13. The normalized spacial score (nSPS) is 29.8. The molecule has 0 aromatic heterocycles. The van der Waals surface area contributed by atoms with Gasteiger partial charge in [-0.3, -0.25) is 4.99 Å². The third kappa shape index (κ3) is 2.00. The van der Waals surface area contributed by atoms with E-state index >= 15 is 0 Å². The van der Waals surface area contributed by atoms with Crippen molar-refractivity contribution in [2.45, 2.75) is 24.8 Å². The average molecular weight is 279 g/mol. The van der Waals surface area contributed by atoms with Crippen LogP contribution in [0, 0.1) is 11.7 Å². The average Bonchev–Trinajstić information content (AvgIpc) is 2.83. The maximum Gasteiger partial charge on any atom is 0.154 e. The summed E-state index contributed by atoms with van der Waals surface area (Å²) in [7, 11) is 1.84. The maximum absolute atomic E-state index is 14.3. The van der Waals surface area contributed by atoms with Crippen LogP contribution in [0.3, 0.4) is 0 Å². The molecule has 2 atom stereocenters. The number of nitrogens with zero attached hydrogens (tertiary/aromatic N) is 1. The Morgan fingerprint density at radius 1 is 1.53 bits per heavy atom. The third-order valence-electron chi connectivity index (χ3n) is 4.25. The van der Waals surface area contributed by atoms with E-state index in [2.05, 4.69) is 10.3 Å². The van der Waals surface area contributed by atoms with Crippen molar-refractivity contribution >= 4 is 22.6 Å². The standard InChI is InChI=1S/C14H18FN3S/c1-17-10-4-5-12(15)11(7-10)14-6-2-3-9(14)8-19-13(16)18-14/h4-5,7,9,17H,2-3,6,8H2,1H3,(H2,16,18). The van der Waals surface area contributed by atoms with Gasteiger partial charge >= 0.3 is 0 Å². The van der Waals surface area contributed by atoms with Crippen LogP contribution in [0.4, 0.5) is 10.1 Å². The number of benzene rings is 1. The summed E-state index contributed by atoms with van der Waals surface area (Å²) in [4.78, 5) is 4.67. The minimum atomic E-state index is -0.438. The lowest BCUT2D eigenvalue weighted by molar-refractivity contribution is 0.341. The van der Waals surface area contributed by atoms with Crippen molar-refractivity contribution in [1.82, 2.24) is 0 Å². The van der Waals surface area contributed by atoms with E-state index in [-0.39, 0.29) is 5.82 Å². The Morgan fingerprint density at radius 2 is 2.37 bits per heavy atom. The molecule has 5 heteroatoms. The van der Waals surface area contributed by atoms with Gasteiger partial charge in [0.05, 0.1) is 5.54 Å². The number of thioether (sulfide) groups is 1. The number of hydrogen-bond acceptors (Lipinski definition) is 4. The molecule has 1 fully saturated rings. The molecule has 0 saturated heterocycles. The van der Waals surface area contributed by atoms with E-state index < -0.39 is 5.54 Å². The highest BCUT2D eigenvalue weighted by Gasteiger charge is 2.47. The van der Waals surface area contributed by atoms with Crippen LogP contribution >= 0.6 is 11.8 Å². The zero-order valence-electron chi connectivity index (χ0n) is 10.9. The van der Waals surface area contributed by atoms with E-state index in [4.69, 9.17) is 5.73 Å². The molecule has 1 aromatic carbocycles. The second kappa shape index (κ2) is 4.71. The van der Waals surface area contributed by atoms with Crippen LogP contribution in [-0.2, 0) is 5.54 Å². The van der Waals surface area contributed by atoms with E-state index in [1.807, 2.05) is 13.1 Å². The quantitative estimate of drug-likeness (QED) is 0.875. The van der Waals surface area contributed by atoms with Gasteiger partial charge in [-0.05, 0) is 37.0 Å². The second-order valence-corrected chi connectivity index (χ2v) is 6.26. The van der Waals surface area contributed by atoms with Gasteiger partial charge in [0.15, 0.2) is 5.17 Å². The monoisotopic (exact) mass is 279 g/mol. The van der Waals surface area contributed by atoms with Gasteiger partial charge in [0.25, 0.3) is 0 Å². The lowest BCUT2D eigenvalue weighted by atomic mass is 9.81. The molecule has 0 amide bonds. The van der Waals surface area contributed by atoms with E-state index in [9.17, 15) is 4.39 Å². The summed E-state index contributed by atoms with van der Waals surface area (Å²) in [6, 6.07) is 5.17. The molecule has 1 saturated carbocycles. The van der Waals surface area contributed by atoms with Crippen molar-refractivity contribution in [3.63, 3.8) is 0 Å². The summed E-state index contributed by atoms with van der Waals surface area (Å²) in [5.74, 6) is 1.17. The number of hydrogen-bond donors (Lipinski definition) is 2. The van der Waals surface area contributed by atoms with Gasteiger partial charge in [-0.2, -0.15) is 0 Å². The summed E-state index contributed by atoms with van der Waals surface area (Å²) in [5.41, 5.74) is 7.09. The van der Waals surface area contributed by atoms with Gasteiger partial charge in [0.2, 0.25) is 0 Å². The number of amidine groups is 1. The largest absolute Gasteiger partial charge is 0.388 e. The summed E-state index contributed by atoms with van der Waals surface area (Å²) in [6.45, 7) is 0. The minimum Gasteiger partial charge on any atom is -0.388 e. The van der Waals surface area contributed by atoms with Crippen LogP contribution in [-0.4, -0.2) is 18.0 Å². The maximum atomic E-state index is 14.3. The summed E-state index contributed by atoms with van der Waals surface area (Å²) < 4.78 is 14.3. The fourth-order valence-electron chi connectivity index (χ4n) is 3.27. The zero-order valence-corrected chi connectivity index (χ0v) is 11.8. The van der Waals surface area contributed by atoms with Crippen LogP contribution in [0.25, 0.3) is 0 Å². The fourth-order valence-corrected chi connectivity index (χ4v) is 4.31. The second-order valence-electron chi connectivity index (χ2n) is 5.22. The topological polar surface area (TPSA) is 50.4 Å². The Kier molecular flexibility index (Phi) is 3.17. The molecular formula is C14H18FN3S. The molecule has 19 heavy (non-hydrogen) atoms. The highest BCUT2D eigenvalue weighted by Crippen LogP contribution is 2.51. The van der Waals surface area contributed by atoms with Gasteiger partial charge in [-0.25, -0.2) is 4.39 Å². The summed E-state index contributed by atoms with van der Waals surface area (Å²) in [5, 5.41) is 3.66. The molecule has 3 rings (SSSR count). The first-order chi connectivity index (χ1) is 9.15. The molecular weight excluding hydrogens is 261 g/mol. The molecule has 3 N–H and O–H groups in total. The number of nitrogens with two attached hydrogens (primary N) is 1. The molecule has 2 aliphatic rings. The van der Waals surface area contributed by atoms with Gasteiger partial charge in [0, 0.05) is 24.1 Å². The Bertz CT molecular complexity index is 531. The summed E-state index contributed by atoms with van der Waals surface area (Å²) in [6.07, 6.45) is 3.08. The smallest absolute Gasteiger partial charge is 0.154 e. The predicted octanol–water partition coefficient (Wildman–Crippen LogP) is 2.92. The molecule has 1 heterocycles. The van der Waals surface area contributed by atoms with E-state index in [0.717, 1.165) is 30.7 Å². The predicted molar refractivity (Wildman–Crippen MR) is 79.0 cm³/mol. The van der Waals surface area contributed by atoms with Crippen molar-refractivity contribution in [2.75, 3.05) is 18.1 Å². The van der Waals surface area contributed by atoms with E-state index in [1.165, 1.54) is 6.07 Å². The third-order valence-corrected chi connectivity index (χ3v) is 5.21. The first kappa shape index (κ1) is 12.8. The van der Waals surface area contributed by atoms with Crippen molar-refractivity contribution in [2.24, 2.45) is 16.6 Å². The highest BCUT2D eigenvalue weighted by atomic mass is 32.2. The van der Waals surface area contributed by atoms with Crippen LogP contribution in [0.5, 0.6) is 0 Å². The SMILES string of the molecule is CNc1ccc(F)c(C23CCCC2CSC(N)=N3)c1. The number of rotatable bonds is 2. The van der Waals surface area contributed by atoms with Crippen molar-refractivity contribution in [1.29, 1.82) is 0 Å². The molecule has 0 bridgehead atoms. The molecule has 1 aromatic rings. The Hall–Kier alpha value is -1.23. The van der Waals surface area contributed by atoms with Crippen LogP contribution in [0.2, 0.25) is 0 Å². The zero-order chi connectivity index (χ0) is 13.5. The first-order valence-electron chi connectivity index (χ1n) is 6.61. The molecule has 2 unspecified atom stereocenters. The molecule has 1 aliphatic heterocycles. The number of fused-ring (bicyclic) bond motifs is 1. The van der Waals surface area contributed by atoms with Crippen LogP contribution in [0.15, 0.2) is 23.2 Å². The lowest BCUT2D eigenvalue weighted by Crippen LogP contribution is -2.37. The number of nitrogens with one attached hydrogen (secondary N) is 1.